The van der Waals surface area contributed by atoms with Crippen LogP contribution in [0.2, 0.25) is 0 Å². The maximum atomic E-state index is 13.7. The Morgan fingerprint density at radius 3 is 2.68 bits per heavy atom. The van der Waals surface area contributed by atoms with E-state index in [-0.39, 0.29) is 11.3 Å². The molecule has 1 heterocycles. The van der Waals surface area contributed by atoms with Crippen LogP contribution in [0.1, 0.15) is 21.7 Å². The molecule has 0 spiro atoms. The summed E-state index contributed by atoms with van der Waals surface area (Å²) < 4.78 is 19.2. The van der Waals surface area contributed by atoms with Crippen LogP contribution < -0.4 is 0 Å². The third kappa shape index (κ3) is 2.03. The third-order valence-corrected chi connectivity index (χ3v) is 3.02. The second-order valence-electron chi connectivity index (χ2n) is 4.46. The van der Waals surface area contributed by atoms with Gasteiger partial charge in [0.05, 0.1) is 5.56 Å². The first-order valence-electron chi connectivity index (χ1n) is 5.94. The fourth-order valence-electron chi connectivity index (χ4n) is 2.04. The van der Waals surface area contributed by atoms with Gasteiger partial charge in [-0.1, -0.05) is 29.8 Å². The third-order valence-electron chi connectivity index (χ3n) is 3.02. The standard InChI is InChI=1S/C16H11FO2/c1-10-6-7-13(17)12(8-10)16(18)15-9-11-4-2-3-5-14(11)19-15/h2-9H,1H3. The molecular formula is C16H11FO2. The second kappa shape index (κ2) is 4.35. The predicted octanol–water partition coefficient (Wildman–Crippen LogP) is 4.11. The van der Waals surface area contributed by atoms with Crippen molar-refractivity contribution in [1.82, 2.24) is 0 Å². The zero-order valence-electron chi connectivity index (χ0n) is 10.3. The molecule has 94 valence electrons. The van der Waals surface area contributed by atoms with Crippen molar-refractivity contribution in [1.29, 1.82) is 0 Å². The number of carbonyl (C=O) groups is 1. The Kier molecular flexibility index (Phi) is 2.67. The van der Waals surface area contributed by atoms with Crippen molar-refractivity contribution in [3.05, 3.63) is 71.2 Å². The molecular weight excluding hydrogens is 243 g/mol. The number of rotatable bonds is 2. The molecule has 0 fully saturated rings. The van der Waals surface area contributed by atoms with E-state index in [1.165, 1.54) is 12.1 Å². The first-order chi connectivity index (χ1) is 9.15. The van der Waals surface area contributed by atoms with Crippen LogP contribution in [0.4, 0.5) is 4.39 Å². The van der Waals surface area contributed by atoms with Crippen molar-refractivity contribution in [2.75, 3.05) is 0 Å². The van der Waals surface area contributed by atoms with Crippen LogP contribution in [-0.2, 0) is 0 Å². The van der Waals surface area contributed by atoms with Crippen molar-refractivity contribution in [3.63, 3.8) is 0 Å². The molecule has 0 atom stereocenters. The molecule has 0 unspecified atom stereocenters. The highest BCUT2D eigenvalue weighted by molar-refractivity contribution is 6.09. The van der Waals surface area contributed by atoms with Crippen LogP contribution in [0.3, 0.4) is 0 Å². The molecule has 2 aromatic carbocycles. The summed E-state index contributed by atoms with van der Waals surface area (Å²) >= 11 is 0. The molecule has 0 saturated heterocycles. The Hall–Kier alpha value is -2.42. The highest BCUT2D eigenvalue weighted by Gasteiger charge is 2.18. The fraction of sp³-hybridized carbons (Fsp3) is 0.0625. The Labute approximate surface area is 109 Å². The number of aryl methyl sites for hydroxylation is 1. The lowest BCUT2D eigenvalue weighted by Crippen LogP contribution is -2.03. The van der Waals surface area contributed by atoms with Gasteiger partial charge in [0.25, 0.3) is 0 Å². The highest BCUT2D eigenvalue weighted by atomic mass is 19.1. The van der Waals surface area contributed by atoms with Gasteiger partial charge in [-0.15, -0.1) is 0 Å². The number of para-hydroxylation sites is 1. The van der Waals surface area contributed by atoms with E-state index < -0.39 is 11.6 Å². The number of hydrogen-bond donors (Lipinski definition) is 0. The number of ketones is 1. The molecule has 2 nitrogen and oxygen atoms in total. The maximum Gasteiger partial charge on any atom is 0.231 e. The minimum atomic E-state index is -0.531. The van der Waals surface area contributed by atoms with E-state index in [9.17, 15) is 9.18 Å². The first-order valence-corrected chi connectivity index (χ1v) is 5.94. The summed E-state index contributed by atoms with van der Waals surface area (Å²) in [5, 5.41) is 0.832. The molecule has 0 bridgehead atoms. The molecule has 3 heteroatoms. The molecule has 1 aromatic heterocycles. The van der Waals surface area contributed by atoms with Gasteiger partial charge in [-0.2, -0.15) is 0 Å². The van der Waals surface area contributed by atoms with Crippen molar-refractivity contribution >= 4 is 16.8 Å². The zero-order valence-corrected chi connectivity index (χ0v) is 10.3. The smallest absolute Gasteiger partial charge is 0.231 e. The largest absolute Gasteiger partial charge is 0.453 e. The van der Waals surface area contributed by atoms with E-state index in [1.54, 1.807) is 18.2 Å². The van der Waals surface area contributed by atoms with E-state index in [4.69, 9.17) is 4.42 Å². The Balaban J connectivity index is 2.10. The number of furan rings is 1. The van der Waals surface area contributed by atoms with Gasteiger partial charge in [0.2, 0.25) is 5.78 Å². The summed E-state index contributed by atoms with van der Waals surface area (Å²) in [4.78, 5) is 12.3. The number of fused-ring (bicyclic) bond motifs is 1. The summed E-state index contributed by atoms with van der Waals surface area (Å²) in [6.07, 6.45) is 0. The molecule has 0 amide bonds. The van der Waals surface area contributed by atoms with Crippen LogP contribution in [0.25, 0.3) is 11.0 Å². The van der Waals surface area contributed by atoms with E-state index in [1.807, 2.05) is 25.1 Å². The molecule has 3 aromatic rings. The van der Waals surface area contributed by atoms with Crippen LogP contribution in [-0.4, -0.2) is 5.78 Å². The Morgan fingerprint density at radius 1 is 1.11 bits per heavy atom. The number of hydrogen-bond acceptors (Lipinski definition) is 2. The SMILES string of the molecule is Cc1ccc(F)c(C(=O)c2cc3ccccc3o2)c1. The van der Waals surface area contributed by atoms with Gasteiger partial charge in [-0.3, -0.25) is 4.79 Å². The Bertz CT molecular complexity index is 738. The lowest BCUT2D eigenvalue weighted by atomic mass is 10.1. The fourth-order valence-corrected chi connectivity index (χ4v) is 2.04. The van der Waals surface area contributed by atoms with Crippen molar-refractivity contribution < 1.29 is 13.6 Å². The summed E-state index contributed by atoms with van der Waals surface area (Å²) in [5.74, 6) is -0.806. The lowest BCUT2D eigenvalue weighted by molar-refractivity contribution is 0.101. The summed E-state index contributed by atoms with van der Waals surface area (Å²) in [6, 6.07) is 13.4. The van der Waals surface area contributed by atoms with Gasteiger partial charge in [-0.05, 0) is 31.2 Å². The van der Waals surface area contributed by atoms with Gasteiger partial charge in [0.1, 0.15) is 11.4 Å². The van der Waals surface area contributed by atoms with Crippen molar-refractivity contribution in [2.45, 2.75) is 6.92 Å². The van der Waals surface area contributed by atoms with Gasteiger partial charge >= 0.3 is 0 Å². The minimum absolute atomic E-state index is 0.0408. The van der Waals surface area contributed by atoms with Gasteiger partial charge in [0, 0.05) is 5.39 Å². The van der Waals surface area contributed by atoms with Crippen LogP contribution in [0.5, 0.6) is 0 Å². The van der Waals surface area contributed by atoms with Crippen molar-refractivity contribution in [3.8, 4) is 0 Å². The normalized spacial score (nSPS) is 10.8. The van der Waals surface area contributed by atoms with E-state index in [0.717, 1.165) is 10.9 Å². The van der Waals surface area contributed by atoms with Gasteiger partial charge in [0.15, 0.2) is 5.76 Å². The molecule has 0 aliphatic rings. The van der Waals surface area contributed by atoms with Crippen LogP contribution >= 0.6 is 0 Å². The molecule has 0 aliphatic heterocycles. The second-order valence-corrected chi connectivity index (χ2v) is 4.46. The first kappa shape index (κ1) is 11.7. The molecule has 0 saturated carbocycles. The molecule has 0 aliphatic carbocycles. The Morgan fingerprint density at radius 2 is 1.89 bits per heavy atom. The van der Waals surface area contributed by atoms with E-state index in [2.05, 4.69) is 0 Å². The molecule has 3 rings (SSSR count). The molecule has 19 heavy (non-hydrogen) atoms. The average molecular weight is 254 g/mol. The van der Waals surface area contributed by atoms with Crippen molar-refractivity contribution in [2.24, 2.45) is 0 Å². The number of carbonyl (C=O) groups excluding carboxylic acids is 1. The summed E-state index contributed by atoms with van der Waals surface area (Å²) in [6.45, 7) is 1.81. The van der Waals surface area contributed by atoms with E-state index >= 15 is 0 Å². The van der Waals surface area contributed by atoms with E-state index in [0.29, 0.717) is 5.58 Å². The predicted molar refractivity (Wildman–Crippen MR) is 70.8 cm³/mol. The lowest BCUT2D eigenvalue weighted by Gasteiger charge is -2.01. The molecule has 0 radical (unpaired) electrons. The number of halogens is 1. The quantitative estimate of drug-likeness (QED) is 0.644. The monoisotopic (exact) mass is 254 g/mol. The summed E-state index contributed by atoms with van der Waals surface area (Å²) in [5.41, 5.74) is 1.50. The highest BCUT2D eigenvalue weighted by Crippen LogP contribution is 2.22. The van der Waals surface area contributed by atoms with Crippen LogP contribution in [0, 0.1) is 12.7 Å². The average Bonchev–Trinajstić information content (AvgIpc) is 2.84. The topological polar surface area (TPSA) is 30.2 Å². The maximum absolute atomic E-state index is 13.7. The van der Waals surface area contributed by atoms with Gasteiger partial charge in [-0.25, -0.2) is 4.39 Å². The zero-order chi connectivity index (χ0) is 13.4. The van der Waals surface area contributed by atoms with Crippen LogP contribution in [0.15, 0.2) is 52.9 Å². The van der Waals surface area contributed by atoms with Gasteiger partial charge < -0.3 is 4.42 Å². The minimum Gasteiger partial charge on any atom is -0.453 e. The molecule has 0 N–H and O–H groups in total. The summed E-state index contributed by atoms with van der Waals surface area (Å²) in [7, 11) is 0. The number of benzene rings is 2.